The zero-order valence-electron chi connectivity index (χ0n) is 16.2. The lowest BCUT2D eigenvalue weighted by Crippen LogP contribution is -2.22. The molecule has 29 heavy (non-hydrogen) atoms. The van der Waals surface area contributed by atoms with Gasteiger partial charge in [0, 0.05) is 7.05 Å². The molecule has 0 spiro atoms. The number of nitrogens with zero attached hydrogens (tertiary/aromatic N) is 2. The Hall–Kier alpha value is -3.12. The van der Waals surface area contributed by atoms with Gasteiger partial charge in [0.2, 0.25) is 0 Å². The molecule has 0 fully saturated rings. The molecule has 4 aromatic rings. The number of benzene rings is 3. The van der Waals surface area contributed by atoms with E-state index >= 15 is 0 Å². The highest BCUT2D eigenvalue weighted by Crippen LogP contribution is 2.35. The monoisotopic (exact) mass is 404 g/mol. The number of thioether (sulfide) groups is 1. The highest BCUT2D eigenvalue weighted by atomic mass is 32.2. The zero-order valence-corrected chi connectivity index (χ0v) is 17.0. The van der Waals surface area contributed by atoms with E-state index in [-0.39, 0.29) is 11.5 Å². The van der Waals surface area contributed by atoms with Crippen molar-refractivity contribution in [2.24, 2.45) is 7.05 Å². The van der Waals surface area contributed by atoms with E-state index in [1.165, 1.54) is 16.3 Å². The SMILES string of the molecule is CCOC(=O)[C@H](Sc1nc2cc3ccccc3cc2c(=O)n1C)c1ccccc1. The second-order valence-corrected chi connectivity index (χ2v) is 7.71. The summed E-state index contributed by atoms with van der Waals surface area (Å²) in [5.74, 6) is -0.350. The lowest BCUT2D eigenvalue weighted by Gasteiger charge is -2.17. The van der Waals surface area contributed by atoms with Gasteiger partial charge in [-0.25, -0.2) is 4.98 Å². The van der Waals surface area contributed by atoms with Crippen molar-refractivity contribution in [1.82, 2.24) is 9.55 Å². The molecule has 0 unspecified atom stereocenters. The minimum Gasteiger partial charge on any atom is -0.465 e. The summed E-state index contributed by atoms with van der Waals surface area (Å²) in [6.07, 6.45) is 0. The normalized spacial score (nSPS) is 12.2. The van der Waals surface area contributed by atoms with Crippen LogP contribution < -0.4 is 5.56 Å². The summed E-state index contributed by atoms with van der Waals surface area (Å²) in [6.45, 7) is 2.07. The molecule has 1 heterocycles. The van der Waals surface area contributed by atoms with Crippen LogP contribution in [0.3, 0.4) is 0 Å². The first-order valence-corrected chi connectivity index (χ1v) is 10.2. The highest BCUT2D eigenvalue weighted by molar-refractivity contribution is 8.00. The maximum Gasteiger partial charge on any atom is 0.324 e. The largest absolute Gasteiger partial charge is 0.465 e. The number of carbonyl (C=O) groups excluding carboxylic acids is 1. The molecule has 0 amide bonds. The first-order valence-electron chi connectivity index (χ1n) is 9.36. The average molecular weight is 404 g/mol. The zero-order chi connectivity index (χ0) is 20.4. The van der Waals surface area contributed by atoms with Gasteiger partial charge in [0.05, 0.1) is 17.5 Å². The third-order valence-electron chi connectivity index (χ3n) is 4.73. The van der Waals surface area contributed by atoms with Crippen molar-refractivity contribution >= 4 is 39.4 Å². The fraction of sp³-hybridized carbons (Fsp3) is 0.174. The van der Waals surface area contributed by atoms with Gasteiger partial charge in [-0.05, 0) is 35.4 Å². The van der Waals surface area contributed by atoms with Gasteiger partial charge in [-0.1, -0.05) is 66.4 Å². The number of hydrogen-bond acceptors (Lipinski definition) is 5. The van der Waals surface area contributed by atoms with E-state index in [0.717, 1.165) is 16.3 Å². The molecule has 0 N–H and O–H groups in total. The van der Waals surface area contributed by atoms with Gasteiger partial charge in [0.25, 0.3) is 5.56 Å². The molecule has 1 aromatic heterocycles. The van der Waals surface area contributed by atoms with Gasteiger partial charge < -0.3 is 4.74 Å². The molecule has 0 radical (unpaired) electrons. The molecule has 0 saturated heterocycles. The van der Waals surface area contributed by atoms with Crippen LogP contribution in [0.1, 0.15) is 17.7 Å². The van der Waals surface area contributed by atoms with E-state index in [0.29, 0.717) is 22.7 Å². The minimum absolute atomic E-state index is 0.140. The van der Waals surface area contributed by atoms with Crippen LogP contribution in [-0.2, 0) is 16.6 Å². The van der Waals surface area contributed by atoms with Crippen LogP contribution in [0.2, 0.25) is 0 Å². The number of rotatable bonds is 5. The Morgan fingerprint density at radius 3 is 2.41 bits per heavy atom. The molecular weight excluding hydrogens is 384 g/mol. The van der Waals surface area contributed by atoms with E-state index in [2.05, 4.69) is 0 Å². The number of esters is 1. The third-order valence-corrected chi connectivity index (χ3v) is 6.00. The highest BCUT2D eigenvalue weighted by Gasteiger charge is 2.25. The van der Waals surface area contributed by atoms with Crippen LogP contribution in [0.15, 0.2) is 76.7 Å². The van der Waals surface area contributed by atoms with Gasteiger partial charge in [-0.15, -0.1) is 0 Å². The Morgan fingerprint density at radius 2 is 1.72 bits per heavy atom. The Morgan fingerprint density at radius 1 is 1.07 bits per heavy atom. The average Bonchev–Trinajstić information content (AvgIpc) is 2.75. The lowest BCUT2D eigenvalue weighted by molar-refractivity contribution is -0.142. The van der Waals surface area contributed by atoms with Crippen molar-refractivity contribution in [3.63, 3.8) is 0 Å². The Kier molecular flexibility index (Phi) is 5.36. The summed E-state index contributed by atoms with van der Waals surface area (Å²) in [4.78, 5) is 30.3. The van der Waals surface area contributed by atoms with Crippen LogP contribution in [0.25, 0.3) is 21.7 Å². The van der Waals surface area contributed by atoms with Gasteiger partial charge in [0.15, 0.2) is 5.16 Å². The molecule has 5 nitrogen and oxygen atoms in total. The molecule has 0 bridgehead atoms. The maximum atomic E-state index is 13.0. The molecule has 0 aliphatic carbocycles. The summed E-state index contributed by atoms with van der Waals surface area (Å²) in [7, 11) is 1.68. The minimum atomic E-state index is -0.604. The van der Waals surface area contributed by atoms with Crippen LogP contribution >= 0.6 is 11.8 Å². The third kappa shape index (κ3) is 3.76. The Bertz CT molecular complexity index is 1250. The van der Waals surface area contributed by atoms with Crippen molar-refractivity contribution in [1.29, 1.82) is 0 Å². The van der Waals surface area contributed by atoms with Gasteiger partial charge in [0.1, 0.15) is 5.25 Å². The number of carbonyl (C=O) groups is 1. The summed E-state index contributed by atoms with van der Waals surface area (Å²) >= 11 is 1.23. The summed E-state index contributed by atoms with van der Waals surface area (Å²) in [5, 5.41) is 2.43. The predicted octanol–water partition coefficient (Wildman–Crippen LogP) is 4.48. The van der Waals surface area contributed by atoms with Crippen LogP contribution in [0, 0.1) is 0 Å². The number of aromatic nitrogens is 2. The molecule has 146 valence electrons. The van der Waals surface area contributed by atoms with Crippen LogP contribution in [-0.4, -0.2) is 22.1 Å². The van der Waals surface area contributed by atoms with Crippen molar-refractivity contribution in [2.75, 3.05) is 6.61 Å². The standard InChI is InChI=1S/C23H20N2O3S/c1-3-28-22(27)20(15-9-5-4-6-10-15)29-23-24-19-14-17-12-8-7-11-16(17)13-18(19)21(26)25(23)2/h4-14,20H,3H2,1-2H3/t20-/m1/s1. The smallest absolute Gasteiger partial charge is 0.324 e. The fourth-order valence-electron chi connectivity index (χ4n) is 3.25. The summed E-state index contributed by atoms with van der Waals surface area (Å²) in [6, 6.07) is 21.1. The van der Waals surface area contributed by atoms with Gasteiger partial charge >= 0.3 is 5.97 Å². The molecule has 1 atom stereocenters. The molecule has 4 rings (SSSR count). The molecule has 0 saturated carbocycles. The van der Waals surface area contributed by atoms with Gasteiger partial charge in [-0.2, -0.15) is 0 Å². The molecule has 6 heteroatoms. The lowest BCUT2D eigenvalue weighted by atomic mass is 10.1. The quantitative estimate of drug-likeness (QED) is 0.212. The van der Waals surface area contributed by atoms with Gasteiger partial charge in [-0.3, -0.25) is 14.2 Å². The molecule has 0 aliphatic heterocycles. The first-order chi connectivity index (χ1) is 14.1. The molecular formula is C23H20N2O3S. The Labute approximate surface area is 172 Å². The fourth-order valence-corrected chi connectivity index (χ4v) is 4.31. The number of hydrogen-bond donors (Lipinski definition) is 0. The predicted molar refractivity (Wildman–Crippen MR) is 116 cm³/mol. The van der Waals surface area contributed by atoms with Crippen molar-refractivity contribution in [3.05, 3.63) is 82.6 Å². The van der Waals surface area contributed by atoms with E-state index in [1.54, 1.807) is 14.0 Å². The maximum absolute atomic E-state index is 13.0. The molecule has 0 aliphatic rings. The number of fused-ring (bicyclic) bond motifs is 2. The van der Waals surface area contributed by atoms with Crippen LogP contribution in [0.5, 0.6) is 0 Å². The Balaban J connectivity index is 1.83. The van der Waals surface area contributed by atoms with E-state index in [4.69, 9.17) is 9.72 Å². The van der Waals surface area contributed by atoms with Crippen LogP contribution in [0.4, 0.5) is 0 Å². The second kappa shape index (κ2) is 8.09. The summed E-state index contributed by atoms with van der Waals surface area (Å²) < 4.78 is 6.77. The first kappa shape index (κ1) is 19.2. The summed E-state index contributed by atoms with van der Waals surface area (Å²) in [5.41, 5.74) is 1.28. The molecule has 3 aromatic carbocycles. The van der Waals surface area contributed by atoms with Crippen molar-refractivity contribution in [3.8, 4) is 0 Å². The van der Waals surface area contributed by atoms with Crippen molar-refractivity contribution in [2.45, 2.75) is 17.3 Å². The van der Waals surface area contributed by atoms with E-state index < -0.39 is 5.25 Å². The topological polar surface area (TPSA) is 61.2 Å². The number of ether oxygens (including phenoxy) is 1. The van der Waals surface area contributed by atoms with E-state index in [1.807, 2.05) is 66.7 Å². The second-order valence-electron chi connectivity index (χ2n) is 6.64. The van der Waals surface area contributed by atoms with E-state index in [9.17, 15) is 9.59 Å². The van der Waals surface area contributed by atoms with Crippen molar-refractivity contribution < 1.29 is 9.53 Å².